The van der Waals surface area contributed by atoms with Gasteiger partial charge in [0.25, 0.3) is 0 Å². The van der Waals surface area contributed by atoms with Crippen LogP contribution in [0.1, 0.15) is 63.1 Å². The van der Waals surface area contributed by atoms with Crippen LogP contribution in [0, 0.1) is 12.3 Å². The SMILES string of the molecule is COC(=O)C1(Cc2cc(C)c(O)c(C(C)(C)C)c2)CCCC1. The first kappa shape index (κ1) is 16.9. The number of benzene rings is 1. The summed E-state index contributed by atoms with van der Waals surface area (Å²) in [5.41, 5.74) is 2.43. The lowest BCUT2D eigenvalue weighted by Crippen LogP contribution is -2.32. The van der Waals surface area contributed by atoms with Crippen molar-refractivity contribution in [2.24, 2.45) is 5.41 Å². The molecule has 2 rings (SSSR count). The fraction of sp³-hybridized carbons (Fsp3) is 0.632. The molecule has 1 fully saturated rings. The van der Waals surface area contributed by atoms with Crippen molar-refractivity contribution in [3.63, 3.8) is 0 Å². The van der Waals surface area contributed by atoms with E-state index in [0.717, 1.165) is 42.4 Å². The molecule has 0 aliphatic heterocycles. The summed E-state index contributed by atoms with van der Waals surface area (Å²) < 4.78 is 5.07. The molecular weight excluding hydrogens is 276 g/mol. The first-order valence-corrected chi connectivity index (χ1v) is 8.11. The second kappa shape index (κ2) is 5.94. The first-order chi connectivity index (χ1) is 10.2. The molecule has 3 nitrogen and oxygen atoms in total. The largest absolute Gasteiger partial charge is 0.507 e. The maximum Gasteiger partial charge on any atom is 0.312 e. The zero-order valence-electron chi connectivity index (χ0n) is 14.5. The average molecular weight is 304 g/mol. The molecule has 0 radical (unpaired) electrons. The molecule has 22 heavy (non-hydrogen) atoms. The molecule has 1 N–H and O–H groups in total. The van der Waals surface area contributed by atoms with Gasteiger partial charge in [-0.05, 0) is 48.3 Å². The molecule has 1 saturated carbocycles. The molecule has 0 unspecified atom stereocenters. The van der Waals surface area contributed by atoms with Crippen LogP contribution in [0.2, 0.25) is 0 Å². The Labute approximate surface area is 133 Å². The van der Waals surface area contributed by atoms with Crippen LogP contribution in [0.25, 0.3) is 0 Å². The second-order valence-corrected chi connectivity index (χ2v) is 7.71. The van der Waals surface area contributed by atoms with Gasteiger partial charge in [0.1, 0.15) is 5.75 Å². The Bertz CT molecular complexity index is 561. The summed E-state index contributed by atoms with van der Waals surface area (Å²) in [6.45, 7) is 8.21. The Morgan fingerprint density at radius 2 is 1.86 bits per heavy atom. The Hall–Kier alpha value is -1.51. The van der Waals surface area contributed by atoms with E-state index in [9.17, 15) is 9.90 Å². The van der Waals surface area contributed by atoms with Crippen molar-refractivity contribution in [1.82, 2.24) is 0 Å². The highest BCUT2D eigenvalue weighted by Crippen LogP contribution is 2.43. The fourth-order valence-corrected chi connectivity index (χ4v) is 3.64. The number of esters is 1. The molecule has 1 aliphatic rings. The van der Waals surface area contributed by atoms with Gasteiger partial charge in [0.05, 0.1) is 12.5 Å². The molecule has 0 aromatic heterocycles. The standard InChI is InChI=1S/C19H28O3/c1-13-10-14(11-15(16(13)20)18(2,3)4)12-19(17(21)22-5)8-6-7-9-19/h10-11,20H,6-9,12H2,1-5H3. The van der Waals surface area contributed by atoms with Crippen molar-refractivity contribution in [2.75, 3.05) is 7.11 Å². The number of phenols is 1. The van der Waals surface area contributed by atoms with Gasteiger partial charge >= 0.3 is 5.97 Å². The smallest absolute Gasteiger partial charge is 0.312 e. The maximum atomic E-state index is 12.3. The van der Waals surface area contributed by atoms with Gasteiger partial charge in [0.15, 0.2) is 0 Å². The third-order valence-electron chi connectivity index (χ3n) is 4.89. The highest BCUT2D eigenvalue weighted by molar-refractivity contribution is 5.77. The van der Waals surface area contributed by atoms with Crippen LogP contribution in [-0.4, -0.2) is 18.2 Å². The molecule has 3 heteroatoms. The summed E-state index contributed by atoms with van der Waals surface area (Å²) in [4.78, 5) is 12.3. The molecule has 0 bridgehead atoms. The van der Waals surface area contributed by atoms with E-state index >= 15 is 0 Å². The van der Waals surface area contributed by atoms with Crippen LogP contribution in [0.5, 0.6) is 5.75 Å². The number of aromatic hydroxyl groups is 1. The number of methoxy groups -OCH3 is 1. The number of hydrogen-bond donors (Lipinski definition) is 1. The Morgan fingerprint density at radius 1 is 1.27 bits per heavy atom. The second-order valence-electron chi connectivity index (χ2n) is 7.71. The third kappa shape index (κ3) is 3.13. The Morgan fingerprint density at radius 3 is 2.36 bits per heavy atom. The molecule has 0 heterocycles. The molecule has 0 spiro atoms. The van der Waals surface area contributed by atoms with Gasteiger partial charge in [-0.1, -0.05) is 45.7 Å². The van der Waals surface area contributed by atoms with Crippen LogP contribution >= 0.6 is 0 Å². The number of rotatable bonds is 3. The van der Waals surface area contributed by atoms with Crippen LogP contribution in [0.3, 0.4) is 0 Å². The molecule has 122 valence electrons. The molecule has 0 amide bonds. The van der Waals surface area contributed by atoms with E-state index in [-0.39, 0.29) is 16.8 Å². The van der Waals surface area contributed by atoms with Crippen LogP contribution in [-0.2, 0) is 21.4 Å². The Kier molecular flexibility index (Phi) is 4.55. The number of aryl methyl sites for hydroxylation is 1. The summed E-state index contributed by atoms with van der Waals surface area (Å²) >= 11 is 0. The number of ether oxygens (including phenoxy) is 1. The monoisotopic (exact) mass is 304 g/mol. The zero-order valence-corrected chi connectivity index (χ0v) is 14.5. The molecule has 0 atom stereocenters. The molecule has 1 aromatic rings. The average Bonchev–Trinajstić information content (AvgIpc) is 2.90. The van der Waals surface area contributed by atoms with Gasteiger partial charge in [-0.15, -0.1) is 0 Å². The first-order valence-electron chi connectivity index (χ1n) is 8.11. The van der Waals surface area contributed by atoms with Crippen LogP contribution < -0.4 is 0 Å². The maximum absolute atomic E-state index is 12.3. The van der Waals surface area contributed by atoms with E-state index in [2.05, 4.69) is 26.8 Å². The van der Waals surface area contributed by atoms with E-state index in [4.69, 9.17) is 4.74 Å². The van der Waals surface area contributed by atoms with Crippen molar-refractivity contribution in [3.05, 3.63) is 28.8 Å². The van der Waals surface area contributed by atoms with Crippen LogP contribution in [0.15, 0.2) is 12.1 Å². The topological polar surface area (TPSA) is 46.5 Å². The van der Waals surface area contributed by atoms with Crippen molar-refractivity contribution >= 4 is 5.97 Å². The molecular formula is C19H28O3. The van der Waals surface area contributed by atoms with Crippen molar-refractivity contribution in [1.29, 1.82) is 0 Å². The number of hydrogen-bond acceptors (Lipinski definition) is 3. The summed E-state index contributed by atoms with van der Waals surface area (Å²) in [6, 6.07) is 4.07. The highest BCUT2D eigenvalue weighted by Gasteiger charge is 2.42. The van der Waals surface area contributed by atoms with E-state index in [0.29, 0.717) is 12.2 Å². The summed E-state index contributed by atoms with van der Waals surface area (Å²) in [5.74, 6) is 0.280. The third-order valence-corrected chi connectivity index (χ3v) is 4.89. The number of phenolic OH excluding ortho intramolecular Hbond substituents is 1. The molecule has 1 aliphatic carbocycles. The van der Waals surface area contributed by atoms with Crippen molar-refractivity contribution in [3.8, 4) is 5.75 Å². The van der Waals surface area contributed by atoms with E-state index in [1.54, 1.807) is 0 Å². The minimum absolute atomic E-state index is 0.0898. The van der Waals surface area contributed by atoms with E-state index in [1.807, 2.05) is 13.0 Å². The van der Waals surface area contributed by atoms with E-state index < -0.39 is 0 Å². The predicted molar refractivity (Wildman–Crippen MR) is 88.2 cm³/mol. The van der Waals surface area contributed by atoms with Gasteiger partial charge in [0, 0.05) is 0 Å². The fourth-order valence-electron chi connectivity index (χ4n) is 3.64. The van der Waals surface area contributed by atoms with Crippen LogP contribution in [0.4, 0.5) is 0 Å². The van der Waals surface area contributed by atoms with Gasteiger partial charge in [0.2, 0.25) is 0 Å². The summed E-state index contributed by atoms with van der Waals surface area (Å²) in [6.07, 6.45) is 4.65. The lowest BCUT2D eigenvalue weighted by atomic mass is 9.77. The van der Waals surface area contributed by atoms with Gasteiger partial charge in [-0.3, -0.25) is 4.79 Å². The normalized spacial score (nSPS) is 17.5. The number of carbonyl (C=O) groups is 1. The molecule has 1 aromatic carbocycles. The van der Waals surface area contributed by atoms with Gasteiger partial charge in [-0.2, -0.15) is 0 Å². The van der Waals surface area contributed by atoms with E-state index in [1.165, 1.54) is 7.11 Å². The quantitative estimate of drug-likeness (QED) is 0.848. The summed E-state index contributed by atoms with van der Waals surface area (Å²) in [5, 5.41) is 10.3. The van der Waals surface area contributed by atoms with Crippen molar-refractivity contribution < 1.29 is 14.6 Å². The van der Waals surface area contributed by atoms with Gasteiger partial charge < -0.3 is 9.84 Å². The highest BCUT2D eigenvalue weighted by atomic mass is 16.5. The van der Waals surface area contributed by atoms with Gasteiger partial charge in [-0.25, -0.2) is 0 Å². The van der Waals surface area contributed by atoms with Crippen molar-refractivity contribution in [2.45, 2.75) is 65.2 Å². The lowest BCUT2D eigenvalue weighted by molar-refractivity contribution is -0.152. The minimum atomic E-state index is -0.382. The summed E-state index contributed by atoms with van der Waals surface area (Å²) in [7, 11) is 1.48. The minimum Gasteiger partial charge on any atom is -0.507 e. The predicted octanol–water partition coefficient (Wildman–Crippen LogP) is 4.27. The Balaban J connectivity index is 2.41. The lowest BCUT2D eigenvalue weighted by Gasteiger charge is -2.28. The molecule has 0 saturated heterocycles. The zero-order chi connectivity index (χ0) is 16.5. The number of carbonyl (C=O) groups excluding carboxylic acids is 1.